The summed E-state index contributed by atoms with van der Waals surface area (Å²) >= 11 is 0. The predicted molar refractivity (Wildman–Crippen MR) is 98.2 cm³/mol. The fraction of sp³-hybridized carbons (Fsp3) is 0.300. The summed E-state index contributed by atoms with van der Waals surface area (Å²) in [6.45, 7) is 0.830. The first-order valence-electron chi connectivity index (χ1n) is 8.64. The van der Waals surface area contributed by atoms with E-state index in [1.54, 1.807) is 12.3 Å². The van der Waals surface area contributed by atoms with Gasteiger partial charge in [-0.2, -0.15) is 0 Å². The van der Waals surface area contributed by atoms with E-state index in [4.69, 9.17) is 0 Å². The summed E-state index contributed by atoms with van der Waals surface area (Å²) < 4.78 is 12.9. The average Bonchev–Trinajstić information content (AvgIpc) is 2.65. The average molecular weight is 339 g/mol. The Balaban J connectivity index is 1.55. The molecule has 4 nitrogen and oxygen atoms in total. The number of aromatic nitrogens is 1. The highest BCUT2D eigenvalue weighted by Crippen LogP contribution is 2.20. The van der Waals surface area contributed by atoms with E-state index in [1.165, 1.54) is 61.7 Å². The molecule has 2 N–H and O–H groups in total. The van der Waals surface area contributed by atoms with E-state index in [9.17, 15) is 9.18 Å². The largest absolute Gasteiger partial charge is 0.383 e. The predicted octanol–water partition coefficient (Wildman–Crippen LogP) is 4.78. The molecule has 3 rings (SSSR count). The van der Waals surface area contributed by atoms with Crippen LogP contribution in [-0.2, 0) is 0 Å². The Bertz CT molecular complexity index is 756. The fourth-order valence-electron chi connectivity index (χ4n) is 2.90. The van der Waals surface area contributed by atoms with Crippen LogP contribution < -0.4 is 10.6 Å². The van der Waals surface area contributed by atoms with Crippen LogP contribution in [0, 0.1) is 5.82 Å². The lowest BCUT2D eigenvalue weighted by Crippen LogP contribution is -2.13. The van der Waals surface area contributed by atoms with Gasteiger partial charge in [0.1, 0.15) is 5.82 Å². The maximum absolute atomic E-state index is 12.9. The van der Waals surface area contributed by atoms with Crippen LogP contribution in [0.5, 0.6) is 0 Å². The van der Waals surface area contributed by atoms with E-state index < -0.39 is 0 Å². The highest BCUT2D eigenvalue weighted by molar-refractivity contribution is 6.04. The fourth-order valence-corrected chi connectivity index (χ4v) is 2.90. The molecular formula is C20H22FN3O. The van der Waals surface area contributed by atoms with E-state index >= 15 is 0 Å². The second-order valence-corrected chi connectivity index (χ2v) is 6.21. The molecule has 0 unspecified atom stereocenters. The van der Waals surface area contributed by atoms with Gasteiger partial charge in [0, 0.05) is 24.6 Å². The SMILES string of the molecule is O=C(Nc1ccc(F)cc1)c1cncc(NCCC2=CCCCC2)c1. The van der Waals surface area contributed by atoms with Crippen molar-refractivity contribution in [3.8, 4) is 0 Å². The van der Waals surface area contributed by atoms with E-state index in [0.29, 0.717) is 11.3 Å². The third-order valence-corrected chi connectivity index (χ3v) is 4.26. The van der Waals surface area contributed by atoms with E-state index in [2.05, 4.69) is 21.7 Å². The molecule has 0 fully saturated rings. The maximum Gasteiger partial charge on any atom is 0.257 e. The number of hydrogen-bond acceptors (Lipinski definition) is 3. The molecule has 2 aromatic rings. The molecule has 0 saturated heterocycles. The van der Waals surface area contributed by atoms with Crippen LogP contribution in [0.4, 0.5) is 15.8 Å². The Morgan fingerprint density at radius 2 is 1.96 bits per heavy atom. The summed E-state index contributed by atoms with van der Waals surface area (Å²) in [6, 6.07) is 7.46. The number of benzene rings is 1. The highest BCUT2D eigenvalue weighted by atomic mass is 19.1. The Kier molecular flexibility index (Phi) is 5.77. The lowest BCUT2D eigenvalue weighted by Gasteiger charge is -2.13. The molecular weight excluding hydrogens is 317 g/mol. The molecule has 0 radical (unpaired) electrons. The Morgan fingerprint density at radius 1 is 1.12 bits per heavy atom. The first kappa shape index (κ1) is 17.1. The number of amides is 1. The van der Waals surface area contributed by atoms with Gasteiger partial charge in [-0.05, 0) is 62.4 Å². The minimum Gasteiger partial charge on any atom is -0.383 e. The van der Waals surface area contributed by atoms with E-state index in [-0.39, 0.29) is 11.7 Å². The third-order valence-electron chi connectivity index (χ3n) is 4.26. The number of pyridine rings is 1. The summed E-state index contributed by atoms with van der Waals surface area (Å²) in [5, 5.41) is 6.06. The number of allylic oxidation sites excluding steroid dienone is 1. The third kappa shape index (κ3) is 5.14. The van der Waals surface area contributed by atoms with Gasteiger partial charge < -0.3 is 10.6 Å². The molecule has 1 heterocycles. The number of anilines is 2. The van der Waals surface area contributed by atoms with Gasteiger partial charge in [-0.25, -0.2) is 4.39 Å². The van der Waals surface area contributed by atoms with Crippen molar-refractivity contribution in [3.05, 3.63) is 65.8 Å². The normalized spacial score (nSPS) is 13.9. The number of hydrogen-bond donors (Lipinski definition) is 2. The van der Waals surface area contributed by atoms with Crippen molar-refractivity contribution in [2.45, 2.75) is 32.1 Å². The zero-order chi connectivity index (χ0) is 17.5. The lowest BCUT2D eigenvalue weighted by molar-refractivity contribution is 0.102. The van der Waals surface area contributed by atoms with Crippen LogP contribution in [-0.4, -0.2) is 17.4 Å². The monoisotopic (exact) mass is 339 g/mol. The molecule has 0 saturated carbocycles. The van der Waals surface area contributed by atoms with Gasteiger partial charge in [0.15, 0.2) is 0 Å². The smallest absolute Gasteiger partial charge is 0.257 e. The molecule has 1 aliphatic rings. The first-order chi connectivity index (χ1) is 12.2. The Hall–Kier alpha value is -2.69. The second kappa shape index (κ2) is 8.42. The van der Waals surface area contributed by atoms with Gasteiger partial charge in [0.05, 0.1) is 11.3 Å². The number of halogens is 1. The van der Waals surface area contributed by atoms with Crippen molar-refractivity contribution in [1.29, 1.82) is 0 Å². The lowest BCUT2D eigenvalue weighted by atomic mass is 9.97. The van der Waals surface area contributed by atoms with Crippen molar-refractivity contribution in [2.75, 3.05) is 17.2 Å². The molecule has 130 valence electrons. The minimum atomic E-state index is -0.334. The standard InChI is InChI=1S/C20H22FN3O/c21-17-6-8-18(9-7-17)24-20(25)16-12-19(14-22-13-16)23-11-10-15-4-2-1-3-5-15/h4,6-9,12-14,23H,1-3,5,10-11H2,(H,24,25). The minimum absolute atomic E-state index is 0.266. The van der Waals surface area contributed by atoms with Crippen molar-refractivity contribution in [3.63, 3.8) is 0 Å². The Morgan fingerprint density at radius 3 is 2.72 bits per heavy atom. The van der Waals surface area contributed by atoms with Crippen LogP contribution in [0.2, 0.25) is 0 Å². The molecule has 25 heavy (non-hydrogen) atoms. The van der Waals surface area contributed by atoms with Crippen molar-refractivity contribution >= 4 is 17.3 Å². The summed E-state index contributed by atoms with van der Waals surface area (Å²) in [6.07, 6.45) is 11.6. The Labute approximate surface area is 147 Å². The number of rotatable bonds is 6. The van der Waals surface area contributed by atoms with Gasteiger partial charge in [0.25, 0.3) is 5.91 Å². The summed E-state index contributed by atoms with van der Waals surface area (Å²) in [5.74, 6) is -0.600. The van der Waals surface area contributed by atoms with Gasteiger partial charge in [-0.3, -0.25) is 9.78 Å². The number of nitrogens with one attached hydrogen (secondary N) is 2. The summed E-state index contributed by atoms with van der Waals surface area (Å²) in [7, 11) is 0. The van der Waals surface area contributed by atoms with Gasteiger partial charge in [-0.1, -0.05) is 11.6 Å². The molecule has 0 atom stereocenters. The molecule has 0 aliphatic heterocycles. The number of carbonyl (C=O) groups excluding carboxylic acids is 1. The number of nitrogens with zero attached hydrogens (tertiary/aromatic N) is 1. The second-order valence-electron chi connectivity index (χ2n) is 6.21. The van der Waals surface area contributed by atoms with Gasteiger partial charge >= 0.3 is 0 Å². The maximum atomic E-state index is 12.9. The van der Waals surface area contributed by atoms with Crippen molar-refractivity contribution in [2.24, 2.45) is 0 Å². The van der Waals surface area contributed by atoms with Crippen LogP contribution >= 0.6 is 0 Å². The first-order valence-corrected chi connectivity index (χ1v) is 8.64. The molecule has 1 aromatic carbocycles. The summed E-state index contributed by atoms with van der Waals surface area (Å²) in [4.78, 5) is 16.4. The topological polar surface area (TPSA) is 54.0 Å². The van der Waals surface area contributed by atoms with Crippen molar-refractivity contribution in [1.82, 2.24) is 4.98 Å². The van der Waals surface area contributed by atoms with Crippen LogP contribution in [0.3, 0.4) is 0 Å². The van der Waals surface area contributed by atoms with Crippen LogP contribution in [0.25, 0.3) is 0 Å². The van der Waals surface area contributed by atoms with Crippen LogP contribution in [0.1, 0.15) is 42.5 Å². The zero-order valence-electron chi connectivity index (χ0n) is 14.1. The van der Waals surface area contributed by atoms with Gasteiger partial charge in [0.2, 0.25) is 0 Å². The summed E-state index contributed by atoms with van der Waals surface area (Å²) in [5.41, 5.74) is 3.35. The molecule has 1 aromatic heterocycles. The van der Waals surface area contributed by atoms with Gasteiger partial charge in [-0.15, -0.1) is 0 Å². The quantitative estimate of drug-likeness (QED) is 0.745. The molecule has 0 spiro atoms. The molecule has 1 amide bonds. The molecule has 0 bridgehead atoms. The van der Waals surface area contributed by atoms with Crippen molar-refractivity contribution < 1.29 is 9.18 Å². The zero-order valence-corrected chi connectivity index (χ0v) is 14.1. The molecule has 1 aliphatic carbocycles. The molecule has 5 heteroatoms. The van der Waals surface area contributed by atoms with E-state index in [0.717, 1.165) is 18.7 Å². The highest BCUT2D eigenvalue weighted by Gasteiger charge is 2.08. The number of carbonyl (C=O) groups is 1. The van der Waals surface area contributed by atoms with Crippen LogP contribution in [0.15, 0.2) is 54.4 Å². The van der Waals surface area contributed by atoms with E-state index in [1.807, 2.05) is 0 Å².